The summed E-state index contributed by atoms with van der Waals surface area (Å²) in [4.78, 5) is 2.76. The molecule has 0 radical (unpaired) electrons. The average Bonchev–Trinajstić information content (AvgIpc) is 2.74. The van der Waals surface area contributed by atoms with Crippen molar-refractivity contribution in [2.45, 2.75) is 44.0 Å². The molecule has 0 spiro atoms. The molecular formula is C12H18OS2. The van der Waals surface area contributed by atoms with Gasteiger partial charge in [-0.1, -0.05) is 13.8 Å². The van der Waals surface area contributed by atoms with Crippen LogP contribution in [0.4, 0.5) is 0 Å². The Morgan fingerprint density at radius 2 is 2.20 bits per heavy atom. The lowest BCUT2D eigenvalue weighted by Gasteiger charge is -2.20. The van der Waals surface area contributed by atoms with Crippen LogP contribution in [-0.4, -0.2) is 21.7 Å². The number of thiophene rings is 1. The summed E-state index contributed by atoms with van der Waals surface area (Å²) in [7, 11) is 0. The summed E-state index contributed by atoms with van der Waals surface area (Å²) in [5.74, 6) is 0.896. The van der Waals surface area contributed by atoms with Crippen molar-refractivity contribution in [2.24, 2.45) is 0 Å². The highest BCUT2D eigenvalue weighted by atomic mass is 32.2. The van der Waals surface area contributed by atoms with Crippen LogP contribution in [-0.2, 0) is 12.8 Å². The second-order valence-electron chi connectivity index (χ2n) is 4.45. The van der Waals surface area contributed by atoms with Gasteiger partial charge in [-0.25, -0.2) is 0 Å². The van der Waals surface area contributed by atoms with Crippen LogP contribution in [0.25, 0.3) is 0 Å². The molecule has 1 saturated heterocycles. The zero-order chi connectivity index (χ0) is 10.9. The van der Waals surface area contributed by atoms with E-state index in [9.17, 15) is 5.11 Å². The van der Waals surface area contributed by atoms with Gasteiger partial charge in [0.05, 0.1) is 5.60 Å². The number of aryl methyl sites for hydroxylation is 1. The Bertz CT molecular complexity index is 334. The highest BCUT2D eigenvalue weighted by molar-refractivity contribution is 8.00. The molecular weight excluding hydrogens is 224 g/mol. The van der Waals surface area contributed by atoms with Crippen molar-refractivity contribution in [1.82, 2.24) is 0 Å². The molecule has 1 fully saturated rings. The minimum absolute atomic E-state index is 0.444. The highest BCUT2D eigenvalue weighted by Crippen LogP contribution is 2.37. The molecule has 1 aliphatic heterocycles. The van der Waals surface area contributed by atoms with Crippen LogP contribution in [0, 0.1) is 0 Å². The quantitative estimate of drug-likeness (QED) is 0.879. The van der Waals surface area contributed by atoms with Gasteiger partial charge in [0.1, 0.15) is 0 Å². The van der Waals surface area contributed by atoms with Crippen molar-refractivity contribution >= 4 is 23.1 Å². The Morgan fingerprint density at radius 3 is 2.73 bits per heavy atom. The van der Waals surface area contributed by atoms with Crippen molar-refractivity contribution in [3.63, 3.8) is 0 Å². The lowest BCUT2D eigenvalue weighted by molar-refractivity contribution is 0.0651. The van der Waals surface area contributed by atoms with E-state index in [2.05, 4.69) is 26.0 Å². The normalized spacial score (nSPS) is 31.0. The largest absolute Gasteiger partial charge is 0.389 e. The fourth-order valence-electron chi connectivity index (χ4n) is 2.11. The molecule has 1 aliphatic rings. The first kappa shape index (κ1) is 11.5. The molecule has 2 rings (SSSR count). The van der Waals surface area contributed by atoms with Crippen molar-refractivity contribution in [3.05, 3.63) is 21.9 Å². The zero-order valence-electron chi connectivity index (χ0n) is 9.32. The van der Waals surface area contributed by atoms with E-state index in [1.807, 2.05) is 23.1 Å². The average molecular weight is 242 g/mol. The molecule has 0 amide bonds. The van der Waals surface area contributed by atoms with Crippen LogP contribution in [0.1, 0.15) is 30.0 Å². The fourth-order valence-corrected chi connectivity index (χ4v) is 4.44. The van der Waals surface area contributed by atoms with E-state index in [1.165, 1.54) is 9.75 Å². The maximum atomic E-state index is 10.4. The van der Waals surface area contributed by atoms with E-state index in [0.717, 1.165) is 25.0 Å². The third kappa shape index (κ3) is 2.77. The van der Waals surface area contributed by atoms with Crippen LogP contribution in [0.2, 0.25) is 0 Å². The Balaban J connectivity index is 2.02. The Hall–Kier alpha value is 0.01000. The first-order valence-electron chi connectivity index (χ1n) is 5.53. The van der Waals surface area contributed by atoms with E-state index in [1.54, 1.807) is 0 Å². The van der Waals surface area contributed by atoms with Crippen molar-refractivity contribution in [1.29, 1.82) is 0 Å². The summed E-state index contributed by atoms with van der Waals surface area (Å²) in [6, 6.07) is 4.37. The number of rotatable bonds is 3. The molecule has 15 heavy (non-hydrogen) atoms. The molecule has 1 nitrogen and oxygen atoms in total. The van der Waals surface area contributed by atoms with E-state index in [0.29, 0.717) is 5.25 Å². The number of aliphatic hydroxyl groups is 1. The van der Waals surface area contributed by atoms with Crippen molar-refractivity contribution in [3.8, 4) is 0 Å². The minimum Gasteiger partial charge on any atom is -0.389 e. The van der Waals surface area contributed by atoms with E-state index in [-0.39, 0.29) is 0 Å². The minimum atomic E-state index is -0.444. The fraction of sp³-hybridized carbons (Fsp3) is 0.667. The van der Waals surface area contributed by atoms with Gasteiger partial charge in [-0.2, -0.15) is 11.8 Å². The van der Waals surface area contributed by atoms with Gasteiger partial charge in [-0.15, -0.1) is 11.3 Å². The summed E-state index contributed by atoms with van der Waals surface area (Å²) in [5.41, 5.74) is -0.444. The second kappa shape index (κ2) is 4.48. The molecule has 1 aromatic rings. The molecule has 3 heteroatoms. The highest BCUT2D eigenvalue weighted by Gasteiger charge is 2.36. The monoisotopic (exact) mass is 242 g/mol. The van der Waals surface area contributed by atoms with E-state index < -0.39 is 5.60 Å². The molecule has 0 aliphatic carbocycles. The summed E-state index contributed by atoms with van der Waals surface area (Å²) in [6.45, 7) is 4.38. The Morgan fingerprint density at radius 1 is 1.47 bits per heavy atom. The van der Waals surface area contributed by atoms with E-state index in [4.69, 9.17) is 0 Å². The van der Waals surface area contributed by atoms with Crippen molar-refractivity contribution < 1.29 is 5.11 Å². The third-order valence-electron chi connectivity index (χ3n) is 2.87. The molecule has 84 valence electrons. The van der Waals surface area contributed by atoms with Gasteiger partial charge in [0.2, 0.25) is 0 Å². The summed E-state index contributed by atoms with van der Waals surface area (Å²) in [6.07, 6.45) is 2.89. The molecule has 1 aromatic heterocycles. The Kier molecular flexibility index (Phi) is 3.43. The van der Waals surface area contributed by atoms with Crippen LogP contribution in [0.5, 0.6) is 0 Å². The van der Waals surface area contributed by atoms with Gasteiger partial charge in [-0.05, 0) is 25.0 Å². The number of thioether (sulfide) groups is 1. The van der Waals surface area contributed by atoms with Crippen molar-refractivity contribution in [2.75, 3.05) is 5.75 Å². The van der Waals surface area contributed by atoms with Crippen LogP contribution >= 0.6 is 23.1 Å². The number of hydrogen-bond acceptors (Lipinski definition) is 3. The SMILES string of the molecule is CCc1ccc(CC2(O)CSC(C)C2)s1. The molecule has 2 atom stereocenters. The lowest BCUT2D eigenvalue weighted by atomic mass is 9.96. The lowest BCUT2D eigenvalue weighted by Crippen LogP contribution is -2.31. The van der Waals surface area contributed by atoms with Crippen LogP contribution < -0.4 is 0 Å². The summed E-state index contributed by atoms with van der Waals surface area (Å²) in [5, 5.41) is 11.0. The van der Waals surface area contributed by atoms with Gasteiger partial charge in [0, 0.05) is 27.2 Å². The topological polar surface area (TPSA) is 20.2 Å². The molecule has 1 N–H and O–H groups in total. The van der Waals surface area contributed by atoms with Gasteiger partial charge in [0.25, 0.3) is 0 Å². The van der Waals surface area contributed by atoms with Gasteiger partial charge < -0.3 is 5.11 Å². The zero-order valence-corrected chi connectivity index (χ0v) is 11.0. The Labute approximate surface area is 99.9 Å². The van der Waals surface area contributed by atoms with E-state index >= 15 is 0 Å². The molecule has 2 unspecified atom stereocenters. The summed E-state index contributed by atoms with van der Waals surface area (Å²) >= 11 is 3.74. The first-order chi connectivity index (χ1) is 7.11. The molecule has 0 bridgehead atoms. The number of hydrogen-bond donors (Lipinski definition) is 1. The maximum Gasteiger partial charge on any atom is 0.0796 e. The molecule has 0 aromatic carbocycles. The predicted octanol–water partition coefficient (Wildman–Crippen LogP) is 3.11. The molecule has 2 heterocycles. The smallest absolute Gasteiger partial charge is 0.0796 e. The second-order valence-corrected chi connectivity index (χ2v) is 7.13. The van der Waals surface area contributed by atoms with Crippen LogP contribution in [0.3, 0.4) is 0 Å². The predicted molar refractivity (Wildman–Crippen MR) is 68.9 cm³/mol. The summed E-state index contributed by atoms with van der Waals surface area (Å²) < 4.78 is 0. The first-order valence-corrected chi connectivity index (χ1v) is 7.39. The van der Waals surface area contributed by atoms with Gasteiger partial charge in [0.15, 0.2) is 0 Å². The van der Waals surface area contributed by atoms with Gasteiger partial charge >= 0.3 is 0 Å². The standard InChI is InChI=1S/C12H18OS2/c1-3-10-4-5-11(15-10)7-12(13)6-9(2)14-8-12/h4-5,9,13H,3,6-8H2,1-2H3. The van der Waals surface area contributed by atoms with Crippen LogP contribution in [0.15, 0.2) is 12.1 Å². The maximum absolute atomic E-state index is 10.4. The molecule has 0 saturated carbocycles. The third-order valence-corrected chi connectivity index (χ3v) is 5.54. The van der Waals surface area contributed by atoms with Gasteiger partial charge in [-0.3, -0.25) is 0 Å².